The Bertz CT molecular complexity index is 1270. The third-order valence-corrected chi connectivity index (χ3v) is 5.11. The highest BCUT2D eigenvalue weighted by Crippen LogP contribution is 2.36. The number of aromatic nitrogens is 4. The molecular formula is C22H20FN5O5. The van der Waals surface area contributed by atoms with Crippen LogP contribution in [0.5, 0.6) is 0 Å². The second-order valence-electron chi connectivity index (χ2n) is 7.35. The fourth-order valence-corrected chi connectivity index (χ4v) is 3.64. The number of terminal acetylenes is 1. The summed E-state index contributed by atoms with van der Waals surface area (Å²) in [6.45, 7) is 4.08. The van der Waals surface area contributed by atoms with Crippen molar-refractivity contribution in [1.82, 2.24) is 19.5 Å². The Morgan fingerprint density at radius 3 is 2.61 bits per heavy atom. The maximum atomic E-state index is 13.9. The largest absolute Gasteiger partial charge is 0.455 e. The summed E-state index contributed by atoms with van der Waals surface area (Å²) >= 11 is 0. The zero-order valence-corrected chi connectivity index (χ0v) is 18.0. The maximum Gasteiger partial charge on any atom is 0.303 e. The number of hydrogen-bond donors (Lipinski definition) is 1. The third-order valence-electron chi connectivity index (χ3n) is 5.11. The van der Waals surface area contributed by atoms with Crippen molar-refractivity contribution in [3.8, 4) is 12.3 Å². The zero-order valence-electron chi connectivity index (χ0n) is 18.0. The Hall–Kier alpha value is -4.04. The molecule has 0 saturated carbocycles. The highest BCUT2D eigenvalue weighted by molar-refractivity contribution is 5.85. The molecule has 4 rings (SSSR count). The number of fused-ring (bicyclic) bond motifs is 1. The molecule has 1 N–H and O–H groups in total. The number of imidazole rings is 1. The van der Waals surface area contributed by atoms with Gasteiger partial charge in [0.05, 0.1) is 6.33 Å². The summed E-state index contributed by atoms with van der Waals surface area (Å²) in [7, 11) is 0. The molecule has 0 aliphatic carbocycles. The summed E-state index contributed by atoms with van der Waals surface area (Å²) < 4.78 is 32.1. The standard InChI is InChI=1S/C22H20FN5O5/c1-5-16-18(31-12(3)29)19(32-13(4)30)22(33-16)28-10-26-17-20(24-9-25-21(17)28)27-15-8-6-7-14(23)11(15)2/h1,6-10,16,18-19,22H,2-4H3,(H,24,25,27)/t16-,18-,19-,22-/m1/s1. The molecule has 1 aliphatic rings. The average molecular weight is 453 g/mol. The Balaban J connectivity index is 1.74. The van der Waals surface area contributed by atoms with E-state index in [0.717, 1.165) is 0 Å². The predicted molar refractivity (Wildman–Crippen MR) is 114 cm³/mol. The van der Waals surface area contributed by atoms with Gasteiger partial charge in [0.15, 0.2) is 41.5 Å². The lowest BCUT2D eigenvalue weighted by molar-refractivity contribution is -0.165. The van der Waals surface area contributed by atoms with E-state index < -0.39 is 36.5 Å². The molecule has 1 aliphatic heterocycles. The smallest absolute Gasteiger partial charge is 0.303 e. The van der Waals surface area contributed by atoms with Crippen molar-refractivity contribution in [2.24, 2.45) is 0 Å². The molecule has 1 saturated heterocycles. The topological polar surface area (TPSA) is 117 Å². The summed E-state index contributed by atoms with van der Waals surface area (Å²) in [5.41, 5.74) is 1.63. The summed E-state index contributed by atoms with van der Waals surface area (Å²) in [6.07, 6.45) is 4.29. The van der Waals surface area contributed by atoms with Crippen LogP contribution in [0.15, 0.2) is 30.9 Å². The molecule has 0 radical (unpaired) electrons. The average Bonchev–Trinajstić information content (AvgIpc) is 3.33. The van der Waals surface area contributed by atoms with Crippen molar-refractivity contribution >= 4 is 34.6 Å². The number of esters is 2. The molecule has 0 amide bonds. The fourth-order valence-electron chi connectivity index (χ4n) is 3.64. The van der Waals surface area contributed by atoms with Crippen LogP contribution in [0.25, 0.3) is 11.2 Å². The number of rotatable bonds is 5. The van der Waals surface area contributed by atoms with Crippen molar-refractivity contribution in [2.75, 3.05) is 5.32 Å². The van der Waals surface area contributed by atoms with Gasteiger partial charge >= 0.3 is 11.9 Å². The minimum Gasteiger partial charge on any atom is -0.455 e. The Morgan fingerprint density at radius 1 is 1.18 bits per heavy atom. The number of halogens is 1. The van der Waals surface area contributed by atoms with Crippen molar-refractivity contribution < 1.29 is 28.2 Å². The van der Waals surface area contributed by atoms with E-state index in [4.69, 9.17) is 20.6 Å². The van der Waals surface area contributed by atoms with Gasteiger partial charge in [0.25, 0.3) is 0 Å². The molecule has 3 aromatic rings. The Morgan fingerprint density at radius 2 is 1.91 bits per heavy atom. The second-order valence-corrected chi connectivity index (χ2v) is 7.35. The second kappa shape index (κ2) is 8.84. The summed E-state index contributed by atoms with van der Waals surface area (Å²) in [4.78, 5) is 36.2. The Labute approximate surface area is 188 Å². The van der Waals surface area contributed by atoms with E-state index in [1.54, 1.807) is 19.1 Å². The molecule has 11 heteroatoms. The van der Waals surface area contributed by atoms with Gasteiger partial charge < -0.3 is 19.5 Å². The van der Waals surface area contributed by atoms with Crippen molar-refractivity contribution in [3.05, 3.63) is 42.2 Å². The van der Waals surface area contributed by atoms with Crippen LogP contribution in [0.2, 0.25) is 0 Å². The van der Waals surface area contributed by atoms with Crippen LogP contribution in [0.4, 0.5) is 15.9 Å². The van der Waals surface area contributed by atoms with Crippen LogP contribution < -0.4 is 5.32 Å². The summed E-state index contributed by atoms with van der Waals surface area (Å²) in [5, 5.41) is 3.06. The molecule has 0 spiro atoms. The van der Waals surface area contributed by atoms with Crippen LogP contribution in [0.1, 0.15) is 25.6 Å². The quantitative estimate of drug-likeness (QED) is 0.459. The van der Waals surface area contributed by atoms with Crippen LogP contribution >= 0.6 is 0 Å². The fraction of sp³-hybridized carbons (Fsp3) is 0.318. The minimum atomic E-state index is -1.04. The number of nitrogens with one attached hydrogen (secondary N) is 1. The van der Waals surface area contributed by atoms with Crippen LogP contribution in [0.3, 0.4) is 0 Å². The number of carbonyl (C=O) groups is 2. The van der Waals surface area contributed by atoms with E-state index in [9.17, 15) is 14.0 Å². The van der Waals surface area contributed by atoms with Gasteiger partial charge in [-0.2, -0.15) is 0 Å². The number of anilines is 2. The normalized spacial score (nSPS) is 22.0. The maximum absolute atomic E-state index is 13.9. The van der Waals surface area contributed by atoms with Gasteiger partial charge in [-0.05, 0) is 19.1 Å². The zero-order chi connectivity index (χ0) is 23.7. The van der Waals surface area contributed by atoms with Gasteiger partial charge in [-0.1, -0.05) is 12.0 Å². The van der Waals surface area contributed by atoms with Crippen molar-refractivity contribution in [2.45, 2.75) is 45.3 Å². The van der Waals surface area contributed by atoms with E-state index in [2.05, 4.69) is 26.2 Å². The molecule has 4 atom stereocenters. The number of hydrogen-bond acceptors (Lipinski definition) is 9. The van der Waals surface area contributed by atoms with E-state index in [1.165, 1.54) is 37.1 Å². The molecule has 0 unspecified atom stereocenters. The Kier molecular flexibility index (Phi) is 5.93. The number of benzene rings is 1. The molecule has 33 heavy (non-hydrogen) atoms. The molecular weight excluding hydrogens is 433 g/mol. The van der Waals surface area contributed by atoms with E-state index in [0.29, 0.717) is 28.2 Å². The minimum absolute atomic E-state index is 0.333. The molecule has 10 nitrogen and oxygen atoms in total. The summed E-state index contributed by atoms with van der Waals surface area (Å²) in [5.74, 6) is 1.18. The van der Waals surface area contributed by atoms with E-state index in [1.807, 2.05) is 0 Å². The van der Waals surface area contributed by atoms with Crippen LogP contribution in [-0.4, -0.2) is 49.8 Å². The first kappa shape index (κ1) is 22.2. The van der Waals surface area contributed by atoms with Gasteiger partial charge in [0.1, 0.15) is 12.1 Å². The molecule has 1 fully saturated rings. The summed E-state index contributed by atoms with van der Waals surface area (Å²) in [6, 6.07) is 4.65. The first-order chi connectivity index (χ1) is 15.8. The first-order valence-electron chi connectivity index (χ1n) is 9.96. The highest BCUT2D eigenvalue weighted by atomic mass is 19.1. The lowest BCUT2D eigenvalue weighted by Crippen LogP contribution is -2.38. The first-order valence-corrected chi connectivity index (χ1v) is 9.96. The monoisotopic (exact) mass is 453 g/mol. The lowest BCUT2D eigenvalue weighted by atomic mass is 10.1. The van der Waals surface area contributed by atoms with Gasteiger partial charge in [-0.3, -0.25) is 14.2 Å². The van der Waals surface area contributed by atoms with Crippen LogP contribution in [0, 0.1) is 25.1 Å². The van der Waals surface area contributed by atoms with Gasteiger partial charge in [-0.15, -0.1) is 6.42 Å². The third kappa shape index (κ3) is 4.20. The van der Waals surface area contributed by atoms with Gasteiger partial charge in [-0.25, -0.2) is 19.3 Å². The number of carbonyl (C=O) groups excluding carboxylic acids is 2. The SMILES string of the molecule is C#C[C@H]1O[C@@H](n2cnc3c(Nc4cccc(F)c4C)ncnc32)[C@H](OC(C)=O)[C@@H]1OC(C)=O. The molecule has 0 bridgehead atoms. The number of ether oxygens (including phenoxy) is 3. The van der Waals surface area contributed by atoms with E-state index >= 15 is 0 Å². The van der Waals surface area contributed by atoms with E-state index in [-0.39, 0.29) is 5.82 Å². The molecule has 1 aromatic carbocycles. The predicted octanol–water partition coefficient (Wildman–Crippen LogP) is 2.41. The molecule has 3 heterocycles. The van der Waals surface area contributed by atoms with Gasteiger partial charge in [0, 0.05) is 25.1 Å². The van der Waals surface area contributed by atoms with Crippen molar-refractivity contribution in [3.63, 3.8) is 0 Å². The van der Waals surface area contributed by atoms with Crippen molar-refractivity contribution in [1.29, 1.82) is 0 Å². The lowest BCUT2D eigenvalue weighted by Gasteiger charge is -2.23. The molecule has 2 aromatic heterocycles. The van der Waals surface area contributed by atoms with Crippen LogP contribution in [-0.2, 0) is 23.8 Å². The van der Waals surface area contributed by atoms with Gasteiger partial charge in [0.2, 0.25) is 0 Å². The molecule has 170 valence electrons. The highest BCUT2D eigenvalue weighted by Gasteiger charge is 2.50. The number of nitrogens with zero attached hydrogens (tertiary/aromatic N) is 4.